The van der Waals surface area contributed by atoms with Crippen molar-refractivity contribution in [1.29, 1.82) is 5.26 Å². The summed E-state index contributed by atoms with van der Waals surface area (Å²) >= 11 is 0. The zero-order valence-electron chi connectivity index (χ0n) is 13.3. The highest BCUT2D eigenvalue weighted by Gasteiger charge is 2.30. The molecule has 0 spiro atoms. The Labute approximate surface area is 128 Å². The molecule has 0 N–H and O–H groups in total. The van der Waals surface area contributed by atoms with Gasteiger partial charge in [-0.25, -0.2) is 4.98 Å². The van der Waals surface area contributed by atoms with Crippen molar-refractivity contribution in [2.24, 2.45) is 5.41 Å². The Morgan fingerprint density at radius 1 is 1.29 bits per heavy atom. The van der Waals surface area contributed by atoms with Crippen LogP contribution in [0.2, 0.25) is 0 Å². The summed E-state index contributed by atoms with van der Waals surface area (Å²) in [7, 11) is 0. The van der Waals surface area contributed by atoms with Crippen LogP contribution in [0.3, 0.4) is 0 Å². The smallest absolute Gasteiger partial charge is 0.146 e. The van der Waals surface area contributed by atoms with Gasteiger partial charge in [-0.1, -0.05) is 20.3 Å². The van der Waals surface area contributed by atoms with E-state index in [0.29, 0.717) is 5.41 Å². The number of anilines is 1. The monoisotopic (exact) mass is 283 g/mol. The summed E-state index contributed by atoms with van der Waals surface area (Å²) in [6.45, 7) is 6.74. The molecule has 1 aliphatic heterocycles. The van der Waals surface area contributed by atoms with Crippen molar-refractivity contribution in [2.45, 2.75) is 58.8 Å². The summed E-state index contributed by atoms with van der Waals surface area (Å²) in [5.41, 5.74) is 3.78. The first-order valence-electron chi connectivity index (χ1n) is 8.33. The molecule has 0 unspecified atom stereocenters. The zero-order valence-corrected chi connectivity index (χ0v) is 13.3. The summed E-state index contributed by atoms with van der Waals surface area (Å²) in [6, 6.07) is 4.48. The van der Waals surface area contributed by atoms with E-state index in [1.54, 1.807) is 0 Å². The molecule has 0 radical (unpaired) electrons. The van der Waals surface area contributed by atoms with E-state index in [0.717, 1.165) is 37.3 Å². The molecular formula is C18H25N3. The van der Waals surface area contributed by atoms with E-state index < -0.39 is 0 Å². The van der Waals surface area contributed by atoms with Crippen LogP contribution in [0.4, 0.5) is 5.82 Å². The van der Waals surface area contributed by atoms with Gasteiger partial charge < -0.3 is 4.90 Å². The summed E-state index contributed by atoms with van der Waals surface area (Å²) in [5, 5.41) is 9.48. The van der Waals surface area contributed by atoms with Gasteiger partial charge in [-0.3, -0.25) is 0 Å². The first kappa shape index (κ1) is 14.4. The fourth-order valence-electron chi connectivity index (χ4n) is 3.56. The third-order valence-electron chi connectivity index (χ3n) is 5.52. The van der Waals surface area contributed by atoms with Crippen molar-refractivity contribution < 1.29 is 0 Å². The average molecular weight is 283 g/mol. The number of nitrogens with zero attached hydrogens (tertiary/aromatic N) is 3. The molecule has 1 aromatic rings. The van der Waals surface area contributed by atoms with Crippen LogP contribution in [-0.4, -0.2) is 18.1 Å². The number of nitriles is 1. The standard InChI is InChI=1S/C18H25N3/c1-3-18(2)8-10-21(11-9-18)17-15(13-19)12-14-6-4-5-7-16(14)20-17/h12H,3-11H2,1-2H3. The van der Waals surface area contributed by atoms with Gasteiger partial charge in [0.2, 0.25) is 0 Å². The van der Waals surface area contributed by atoms with Gasteiger partial charge in [-0.05, 0) is 55.6 Å². The molecule has 0 aromatic carbocycles. The Balaban J connectivity index is 1.87. The van der Waals surface area contributed by atoms with E-state index in [1.165, 1.54) is 43.4 Å². The molecule has 0 atom stereocenters. The molecule has 1 saturated heterocycles. The molecule has 1 fully saturated rings. The third kappa shape index (κ3) is 2.77. The van der Waals surface area contributed by atoms with Crippen LogP contribution in [0.15, 0.2) is 6.07 Å². The normalized spacial score (nSPS) is 20.7. The fourth-order valence-corrected chi connectivity index (χ4v) is 3.56. The Hall–Kier alpha value is -1.56. The molecule has 1 aliphatic carbocycles. The van der Waals surface area contributed by atoms with Crippen LogP contribution in [-0.2, 0) is 12.8 Å². The molecule has 21 heavy (non-hydrogen) atoms. The molecule has 1 aromatic heterocycles. The van der Waals surface area contributed by atoms with E-state index >= 15 is 0 Å². The van der Waals surface area contributed by atoms with Crippen LogP contribution < -0.4 is 4.90 Å². The molecule has 112 valence electrons. The topological polar surface area (TPSA) is 39.9 Å². The molecule has 3 nitrogen and oxygen atoms in total. The lowest BCUT2D eigenvalue weighted by Gasteiger charge is -2.40. The second-order valence-electron chi connectivity index (χ2n) is 6.94. The van der Waals surface area contributed by atoms with Crippen LogP contribution in [0.5, 0.6) is 0 Å². The predicted molar refractivity (Wildman–Crippen MR) is 85.4 cm³/mol. The number of pyridine rings is 1. The fraction of sp³-hybridized carbons (Fsp3) is 0.667. The van der Waals surface area contributed by atoms with E-state index in [9.17, 15) is 5.26 Å². The van der Waals surface area contributed by atoms with Gasteiger partial charge >= 0.3 is 0 Å². The quantitative estimate of drug-likeness (QED) is 0.827. The predicted octanol–water partition coefficient (Wildman–Crippen LogP) is 3.85. The maximum absolute atomic E-state index is 9.48. The van der Waals surface area contributed by atoms with Crippen molar-refractivity contribution in [3.05, 3.63) is 22.9 Å². The SMILES string of the molecule is CCC1(C)CCN(c2nc3c(cc2C#N)CCCC3)CC1. The first-order chi connectivity index (χ1) is 10.1. The second-order valence-corrected chi connectivity index (χ2v) is 6.94. The molecule has 0 amide bonds. The van der Waals surface area contributed by atoms with E-state index in [1.807, 2.05) is 0 Å². The molecule has 0 bridgehead atoms. The Morgan fingerprint density at radius 3 is 2.67 bits per heavy atom. The summed E-state index contributed by atoms with van der Waals surface area (Å²) in [4.78, 5) is 7.22. The molecule has 0 saturated carbocycles. The highest BCUT2D eigenvalue weighted by atomic mass is 15.2. The number of hydrogen-bond acceptors (Lipinski definition) is 3. The summed E-state index contributed by atoms with van der Waals surface area (Å²) in [5.74, 6) is 0.941. The van der Waals surface area contributed by atoms with E-state index in [2.05, 4.69) is 30.9 Å². The largest absolute Gasteiger partial charge is 0.355 e. The zero-order chi connectivity index (χ0) is 14.9. The van der Waals surface area contributed by atoms with Gasteiger partial charge in [-0.15, -0.1) is 0 Å². The van der Waals surface area contributed by atoms with Crippen molar-refractivity contribution in [3.8, 4) is 6.07 Å². The first-order valence-corrected chi connectivity index (χ1v) is 8.33. The molecule has 2 heterocycles. The lowest BCUT2D eigenvalue weighted by atomic mass is 9.78. The maximum Gasteiger partial charge on any atom is 0.146 e. The van der Waals surface area contributed by atoms with Gasteiger partial charge in [0.05, 0.1) is 5.56 Å². The second kappa shape index (κ2) is 5.67. The number of hydrogen-bond donors (Lipinski definition) is 0. The molecular weight excluding hydrogens is 258 g/mol. The molecule has 3 heteroatoms. The number of piperidine rings is 1. The minimum absolute atomic E-state index is 0.470. The Bertz CT molecular complexity index is 563. The van der Waals surface area contributed by atoms with Crippen molar-refractivity contribution >= 4 is 5.82 Å². The number of fused-ring (bicyclic) bond motifs is 1. The number of aryl methyl sites for hydroxylation is 2. The van der Waals surface area contributed by atoms with Crippen LogP contribution in [0.25, 0.3) is 0 Å². The molecule has 3 rings (SSSR count). The average Bonchev–Trinajstić information content (AvgIpc) is 2.54. The lowest BCUT2D eigenvalue weighted by molar-refractivity contribution is 0.237. The van der Waals surface area contributed by atoms with Crippen molar-refractivity contribution in [3.63, 3.8) is 0 Å². The summed E-state index contributed by atoms with van der Waals surface area (Å²) in [6.07, 6.45) is 8.28. The Kier molecular flexibility index (Phi) is 3.89. The van der Waals surface area contributed by atoms with Gasteiger partial charge in [0.25, 0.3) is 0 Å². The van der Waals surface area contributed by atoms with Crippen molar-refractivity contribution in [1.82, 2.24) is 4.98 Å². The van der Waals surface area contributed by atoms with Crippen molar-refractivity contribution in [2.75, 3.05) is 18.0 Å². The minimum atomic E-state index is 0.470. The maximum atomic E-state index is 9.48. The summed E-state index contributed by atoms with van der Waals surface area (Å²) < 4.78 is 0. The number of rotatable bonds is 2. The molecule has 2 aliphatic rings. The van der Waals surface area contributed by atoms with E-state index in [4.69, 9.17) is 4.98 Å². The van der Waals surface area contributed by atoms with E-state index in [-0.39, 0.29) is 0 Å². The number of aromatic nitrogens is 1. The van der Waals surface area contributed by atoms with Gasteiger partial charge in [-0.2, -0.15) is 5.26 Å². The van der Waals surface area contributed by atoms with Gasteiger partial charge in [0, 0.05) is 18.8 Å². The van der Waals surface area contributed by atoms with Crippen LogP contribution in [0.1, 0.15) is 62.8 Å². The Morgan fingerprint density at radius 2 is 2.00 bits per heavy atom. The minimum Gasteiger partial charge on any atom is -0.355 e. The van der Waals surface area contributed by atoms with Crippen LogP contribution in [0, 0.1) is 16.7 Å². The van der Waals surface area contributed by atoms with Crippen LogP contribution >= 0.6 is 0 Å². The van der Waals surface area contributed by atoms with Gasteiger partial charge in [0.15, 0.2) is 0 Å². The highest BCUT2D eigenvalue weighted by Crippen LogP contribution is 2.36. The van der Waals surface area contributed by atoms with Gasteiger partial charge in [0.1, 0.15) is 11.9 Å². The highest BCUT2D eigenvalue weighted by molar-refractivity contribution is 5.56. The lowest BCUT2D eigenvalue weighted by Crippen LogP contribution is -2.39. The third-order valence-corrected chi connectivity index (χ3v) is 5.52.